The zero-order valence-corrected chi connectivity index (χ0v) is 40.7. The van der Waals surface area contributed by atoms with Gasteiger partial charge in [-0.05, 0) is 93.2 Å². The van der Waals surface area contributed by atoms with E-state index in [1.54, 1.807) is 12.1 Å². The van der Waals surface area contributed by atoms with E-state index in [0.29, 0.717) is 22.6 Å². The third kappa shape index (κ3) is 10.4. The molecule has 1 saturated heterocycles. The number of nitrogens with one attached hydrogen (secondary N) is 1. The summed E-state index contributed by atoms with van der Waals surface area (Å²) >= 11 is 0. The second-order valence-corrected chi connectivity index (χ2v) is 20.5. The van der Waals surface area contributed by atoms with Crippen molar-refractivity contribution in [1.29, 1.82) is 0 Å². The van der Waals surface area contributed by atoms with Crippen molar-refractivity contribution < 1.29 is 52.0 Å². The molecule has 2 aromatic carbocycles. The number of carbonyl (C=O) groups is 5. The average molecular weight is 936 g/mol. The monoisotopic (exact) mass is 935 g/mol. The van der Waals surface area contributed by atoms with Gasteiger partial charge >= 0.3 is 30.0 Å². The summed E-state index contributed by atoms with van der Waals surface area (Å²) in [6.07, 6.45) is 11.0. The number of anilines is 1. The van der Waals surface area contributed by atoms with Crippen molar-refractivity contribution >= 4 is 46.8 Å². The number of hydrogen-bond acceptors (Lipinski definition) is 13. The Bertz CT molecular complexity index is 2710. The zero-order valence-electron chi connectivity index (χ0n) is 40.7. The van der Waals surface area contributed by atoms with Gasteiger partial charge in [-0.25, -0.2) is 4.98 Å². The molecule has 0 radical (unpaired) electrons. The summed E-state index contributed by atoms with van der Waals surface area (Å²) in [6, 6.07) is 7.34. The van der Waals surface area contributed by atoms with Gasteiger partial charge in [-0.2, -0.15) is 14.4 Å². The van der Waals surface area contributed by atoms with Crippen LogP contribution in [0.1, 0.15) is 145 Å². The highest BCUT2D eigenvalue weighted by Gasteiger charge is 2.53. The molecular formula is C52H62FN5O10. The Morgan fingerprint density at radius 3 is 1.96 bits per heavy atom. The normalized spacial score (nSPS) is 20.3. The van der Waals surface area contributed by atoms with Gasteiger partial charge in [0, 0.05) is 48.1 Å². The van der Waals surface area contributed by atoms with Gasteiger partial charge in [0.1, 0.15) is 30.4 Å². The molecule has 3 atom stereocenters. The van der Waals surface area contributed by atoms with Gasteiger partial charge in [0.2, 0.25) is 11.5 Å². The minimum absolute atomic E-state index is 0.0159. The van der Waals surface area contributed by atoms with E-state index in [4.69, 9.17) is 30.1 Å². The number of imidazole rings is 1. The van der Waals surface area contributed by atoms with E-state index in [-0.39, 0.29) is 53.5 Å². The van der Waals surface area contributed by atoms with E-state index in [1.165, 1.54) is 31.2 Å². The van der Waals surface area contributed by atoms with E-state index >= 15 is 4.39 Å². The average Bonchev–Trinajstić information content (AvgIpc) is 3.79. The lowest BCUT2D eigenvalue weighted by Crippen LogP contribution is -2.46. The SMILES string of the molecule is C#C[C@]1(COC(=O)CC(C)(C)c2c(C)cc(C)cc2OC(C)=O)O[C@@H](n2cnc3c(NC(=O)C4CC5(CCCCC5)C4)nc(F)nc32)C[C@@H]1OC(=O)CC(C)(C)c1c(C)cc(C)cc1OC(C)=O. The van der Waals surface area contributed by atoms with E-state index in [0.717, 1.165) is 60.8 Å². The minimum atomic E-state index is -1.88. The quantitative estimate of drug-likeness (QED) is 0.0547. The molecule has 0 bridgehead atoms. The van der Waals surface area contributed by atoms with Gasteiger partial charge < -0.3 is 29.0 Å². The molecule has 1 amide bonds. The van der Waals surface area contributed by atoms with Gasteiger partial charge in [0.15, 0.2) is 17.0 Å². The molecule has 3 heterocycles. The number of halogens is 1. The molecule has 1 N–H and O–H groups in total. The summed E-state index contributed by atoms with van der Waals surface area (Å²) < 4.78 is 46.6. The van der Waals surface area contributed by atoms with Crippen LogP contribution in [-0.4, -0.2) is 67.6 Å². The summed E-state index contributed by atoms with van der Waals surface area (Å²) in [5, 5.41) is 2.80. The number of hydrogen-bond donors (Lipinski definition) is 1. The smallest absolute Gasteiger partial charge is 0.312 e. The maximum absolute atomic E-state index is 15.3. The molecule has 68 heavy (non-hydrogen) atoms. The number of rotatable bonds is 14. The van der Waals surface area contributed by atoms with Gasteiger partial charge in [-0.15, -0.1) is 6.42 Å². The van der Waals surface area contributed by atoms with Gasteiger partial charge in [-0.3, -0.25) is 28.5 Å². The fraction of sp³-hybridized carbons (Fsp3) is 0.538. The lowest BCUT2D eigenvalue weighted by Gasteiger charge is -2.49. The van der Waals surface area contributed by atoms with Crippen molar-refractivity contribution in [1.82, 2.24) is 19.5 Å². The number of fused-ring (bicyclic) bond motifs is 1. The fourth-order valence-electron chi connectivity index (χ4n) is 11.0. The standard InChI is InChI=1S/C52H62FN5O10/c1-12-52(27-64-40(61)25-49(8,9)42-31(4)18-29(2)20-36(42)65-33(6)59)38(67-41(62)26-50(10,11)43-32(5)19-30(3)21-37(43)66-34(7)60)22-39(68-52)58-28-54-44-45(56-48(53)57-46(44)58)55-47(63)35-23-51(24-35)16-14-13-15-17-51/h1,18-21,28,35,38-39H,13-17,22-27H2,2-11H3,(H,55,56,57,63)/t38-,39+,52+/m0/s1. The molecule has 0 unspecified atom stereocenters. The van der Waals surface area contributed by atoms with Crippen molar-refractivity contribution in [2.45, 2.75) is 162 Å². The first-order chi connectivity index (χ1) is 31.9. The Labute approximate surface area is 396 Å². The lowest BCUT2D eigenvalue weighted by atomic mass is 9.55. The molecule has 1 spiro atoms. The van der Waals surface area contributed by atoms with Crippen LogP contribution in [0, 0.1) is 57.4 Å². The summed E-state index contributed by atoms with van der Waals surface area (Å²) in [6.45, 7) is 16.8. The largest absolute Gasteiger partial charge is 0.461 e. The Morgan fingerprint density at radius 1 is 0.853 bits per heavy atom. The van der Waals surface area contributed by atoms with Crippen LogP contribution in [0.2, 0.25) is 0 Å². The van der Waals surface area contributed by atoms with Crippen molar-refractivity contribution in [2.24, 2.45) is 11.3 Å². The minimum Gasteiger partial charge on any atom is -0.461 e. The second-order valence-electron chi connectivity index (χ2n) is 20.5. The van der Waals surface area contributed by atoms with Crippen molar-refractivity contribution in [2.75, 3.05) is 11.9 Å². The van der Waals surface area contributed by atoms with Crippen LogP contribution in [-0.2, 0) is 49.0 Å². The highest BCUT2D eigenvalue weighted by Crippen LogP contribution is 2.55. The maximum Gasteiger partial charge on any atom is 0.312 e. The van der Waals surface area contributed by atoms with Crippen LogP contribution >= 0.6 is 0 Å². The number of terminal acetylenes is 1. The third-order valence-corrected chi connectivity index (χ3v) is 13.8. The lowest BCUT2D eigenvalue weighted by molar-refractivity contribution is -0.168. The predicted molar refractivity (Wildman–Crippen MR) is 249 cm³/mol. The Hall–Kier alpha value is -6.21. The van der Waals surface area contributed by atoms with Crippen LogP contribution in [0.4, 0.5) is 10.2 Å². The van der Waals surface area contributed by atoms with Crippen LogP contribution in [0.25, 0.3) is 11.2 Å². The Balaban J connectivity index is 1.16. The number of aryl methyl sites for hydroxylation is 4. The topological polar surface area (TPSA) is 187 Å². The van der Waals surface area contributed by atoms with E-state index in [9.17, 15) is 24.0 Å². The summed E-state index contributed by atoms with van der Waals surface area (Å²) in [7, 11) is 0. The Morgan fingerprint density at radius 2 is 1.41 bits per heavy atom. The summed E-state index contributed by atoms with van der Waals surface area (Å²) in [4.78, 5) is 78.2. The summed E-state index contributed by atoms with van der Waals surface area (Å²) in [5.41, 5.74) is 1.19. The number of carbonyl (C=O) groups excluding carboxylic acids is 5. The number of ether oxygens (including phenoxy) is 5. The second kappa shape index (κ2) is 19.1. The van der Waals surface area contributed by atoms with E-state index in [1.807, 2.05) is 67.5 Å². The van der Waals surface area contributed by atoms with Crippen molar-refractivity contribution in [3.8, 4) is 23.8 Å². The highest BCUT2D eigenvalue weighted by molar-refractivity contribution is 5.98. The molecule has 4 aromatic rings. The van der Waals surface area contributed by atoms with Gasteiger partial charge in [-0.1, -0.05) is 65.0 Å². The molecule has 2 aromatic heterocycles. The molecule has 3 fully saturated rings. The van der Waals surface area contributed by atoms with Gasteiger partial charge in [0.05, 0.1) is 19.2 Å². The Kier molecular flexibility index (Phi) is 13.9. The first kappa shape index (κ1) is 49.7. The fourth-order valence-corrected chi connectivity index (χ4v) is 11.0. The van der Waals surface area contributed by atoms with Crippen LogP contribution in [0.3, 0.4) is 0 Å². The number of nitrogens with zero attached hydrogens (tertiary/aromatic N) is 4. The third-order valence-electron chi connectivity index (χ3n) is 13.8. The molecule has 16 heteroatoms. The molecule has 7 rings (SSSR count). The highest BCUT2D eigenvalue weighted by atomic mass is 19.1. The summed E-state index contributed by atoms with van der Waals surface area (Å²) in [5.74, 6) is 0.301. The van der Waals surface area contributed by atoms with E-state index in [2.05, 4.69) is 26.2 Å². The maximum atomic E-state index is 15.3. The van der Waals surface area contributed by atoms with Crippen LogP contribution in [0.5, 0.6) is 11.5 Å². The molecule has 2 aliphatic carbocycles. The number of esters is 4. The molecule has 362 valence electrons. The number of aromatic nitrogens is 4. The number of benzene rings is 2. The molecule has 15 nitrogen and oxygen atoms in total. The molecule has 2 saturated carbocycles. The number of amides is 1. The van der Waals surface area contributed by atoms with Gasteiger partial charge in [0.25, 0.3) is 0 Å². The molecule has 1 aliphatic heterocycles. The van der Waals surface area contributed by atoms with E-state index < -0.39 is 65.3 Å². The van der Waals surface area contributed by atoms with Crippen molar-refractivity contribution in [3.05, 3.63) is 70.1 Å². The first-order valence-electron chi connectivity index (χ1n) is 23.3. The molecule has 3 aliphatic rings. The van der Waals surface area contributed by atoms with Crippen LogP contribution in [0.15, 0.2) is 30.6 Å². The zero-order chi connectivity index (χ0) is 49.5. The van der Waals surface area contributed by atoms with Crippen LogP contribution < -0.4 is 14.8 Å². The first-order valence-corrected chi connectivity index (χ1v) is 23.3. The molecular weight excluding hydrogens is 874 g/mol. The van der Waals surface area contributed by atoms with Crippen molar-refractivity contribution in [3.63, 3.8) is 0 Å². The predicted octanol–water partition coefficient (Wildman–Crippen LogP) is 8.83.